The summed E-state index contributed by atoms with van der Waals surface area (Å²) in [4.78, 5) is 19.1. The maximum Gasteiger partial charge on any atom is 0.338 e. The van der Waals surface area contributed by atoms with Crippen molar-refractivity contribution in [3.05, 3.63) is 42.1 Å². The number of hydrogen-bond acceptors (Lipinski definition) is 3. The highest BCUT2D eigenvalue weighted by molar-refractivity contribution is 6.15. The van der Waals surface area contributed by atoms with Crippen molar-refractivity contribution in [3.8, 4) is 0 Å². The van der Waals surface area contributed by atoms with Crippen LogP contribution in [0.25, 0.3) is 21.9 Å². The van der Waals surface area contributed by atoms with E-state index < -0.39 is 0 Å². The average molecular weight is 226 g/mol. The fourth-order valence-electron chi connectivity index (χ4n) is 2.06. The van der Waals surface area contributed by atoms with E-state index in [9.17, 15) is 4.79 Å². The fraction of sp³-hybridized carbons (Fsp3) is 0.0769. The van der Waals surface area contributed by atoms with Gasteiger partial charge in [0.15, 0.2) is 0 Å². The number of H-pyrrole nitrogens is 1. The topological polar surface area (TPSA) is 55.0 Å². The molecule has 0 saturated heterocycles. The highest BCUT2D eigenvalue weighted by Crippen LogP contribution is 2.27. The van der Waals surface area contributed by atoms with E-state index in [1.165, 1.54) is 7.11 Å². The second kappa shape index (κ2) is 3.59. The van der Waals surface area contributed by atoms with Crippen LogP contribution in [0.1, 0.15) is 10.4 Å². The summed E-state index contributed by atoms with van der Waals surface area (Å²) in [6.07, 6.45) is 1.72. The minimum atomic E-state index is -0.333. The largest absolute Gasteiger partial charge is 0.465 e. The highest BCUT2D eigenvalue weighted by Gasteiger charge is 2.14. The number of aromatic amines is 1. The zero-order chi connectivity index (χ0) is 11.8. The van der Waals surface area contributed by atoms with Gasteiger partial charge < -0.3 is 9.72 Å². The van der Waals surface area contributed by atoms with Gasteiger partial charge in [0.25, 0.3) is 0 Å². The maximum atomic E-state index is 11.7. The zero-order valence-electron chi connectivity index (χ0n) is 9.23. The van der Waals surface area contributed by atoms with Crippen molar-refractivity contribution in [2.45, 2.75) is 0 Å². The summed E-state index contributed by atoms with van der Waals surface area (Å²) in [7, 11) is 1.38. The van der Waals surface area contributed by atoms with Crippen molar-refractivity contribution >= 4 is 27.9 Å². The Kier molecular flexibility index (Phi) is 2.08. The van der Waals surface area contributed by atoms with Crippen molar-refractivity contribution in [3.63, 3.8) is 0 Å². The molecule has 0 fully saturated rings. The third-order valence-corrected chi connectivity index (χ3v) is 2.80. The van der Waals surface area contributed by atoms with Crippen molar-refractivity contribution in [2.75, 3.05) is 7.11 Å². The van der Waals surface area contributed by atoms with E-state index in [1.54, 1.807) is 12.3 Å². The van der Waals surface area contributed by atoms with Gasteiger partial charge in [0.05, 0.1) is 12.7 Å². The Labute approximate surface area is 97.2 Å². The predicted molar refractivity (Wildman–Crippen MR) is 64.9 cm³/mol. The molecule has 4 nitrogen and oxygen atoms in total. The molecular weight excluding hydrogens is 216 g/mol. The number of fused-ring (bicyclic) bond motifs is 3. The molecule has 4 heteroatoms. The lowest BCUT2D eigenvalue weighted by Gasteiger charge is -2.00. The number of esters is 1. The van der Waals surface area contributed by atoms with E-state index in [2.05, 4.69) is 9.97 Å². The molecule has 0 bridgehead atoms. The molecule has 2 aromatic heterocycles. The Morgan fingerprint density at radius 2 is 2.18 bits per heavy atom. The lowest BCUT2D eigenvalue weighted by Crippen LogP contribution is -2.01. The molecule has 0 aliphatic heterocycles. The Balaban J connectivity index is 2.47. The molecule has 2 heterocycles. The van der Waals surface area contributed by atoms with E-state index in [0.29, 0.717) is 5.56 Å². The summed E-state index contributed by atoms with van der Waals surface area (Å²) in [5.41, 5.74) is 2.23. The first-order valence-electron chi connectivity index (χ1n) is 5.25. The van der Waals surface area contributed by atoms with Gasteiger partial charge in [-0.1, -0.05) is 6.07 Å². The number of carbonyl (C=O) groups is 1. The summed E-state index contributed by atoms with van der Waals surface area (Å²) in [6.45, 7) is 0. The number of rotatable bonds is 1. The monoisotopic (exact) mass is 226 g/mol. The van der Waals surface area contributed by atoms with Gasteiger partial charge in [-0.05, 0) is 24.3 Å². The molecule has 0 amide bonds. The SMILES string of the molecule is COC(=O)c1cccc2[nH]c3ncccc3c12. The molecule has 1 N–H and O–H groups in total. The average Bonchev–Trinajstić information content (AvgIpc) is 2.76. The number of ether oxygens (including phenoxy) is 1. The third-order valence-electron chi connectivity index (χ3n) is 2.80. The predicted octanol–water partition coefficient (Wildman–Crippen LogP) is 2.50. The van der Waals surface area contributed by atoms with E-state index in [-0.39, 0.29) is 5.97 Å². The molecule has 0 spiro atoms. The molecule has 1 aromatic carbocycles. The van der Waals surface area contributed by atoms with Crippen LogP contribution in [0, 0.1) is 0 Å². The van der Waals surface area contributed by atoms with Crippen molar-refractivity contribution in [1.29, 1.82) is 0 Å². The third kappa shape index (κ3) is 1.38. The molecular formula is C13H10N2O2. The smallest absolute Gasteiger partial charge is 0.338 e. The minimum Gasteiger partial charge on any atom is -0.465 e. The molecule has 84 valence electrons. The zero-order valence-corrected chi connectivity index (χ0v) is 9.23. The van der Waals surface area contributed by atoms with Crippen LogP contribution in [0.15, 0.2) is 36.5 Å². The number of methoxy groups -OCH3 is 1. The summed E-state index contributed by atoms with van der Waals surface area (Å²) < 4.78 is 4.79. The van der Waals surface area contributed by atoms with Crippen LogP contribution in [-0.4, -0.2) is 23.0 Å². The van der Waals surface area contributed by atoms with Crippen LogP contribution < -0.4 is 0 Å². The molecule has 3 rings (SSSR count). The summed E-state index contributed by atoms with van der Waals surface area (Å²) >= 11 is 0. The number of benzene rings is 1. The highest BCUT2D eigenvalue weighted by atomic mass is 16.5. The second-order valence-electron chi connectivity index (χ2n) is 3.74. The molecule has 0 atom stereocenters. The standard InChI is InChI=1S/C13H10N2O2/c1-17-13(16)9-4-2-6-10-11(9)8-5-3-7-14-12(8)15-10/h2-7H,1H3,(H,14,15). The van der Waals surface area contributed by atoms with Crippen molar-refractivity contribution < 1.29 is 9.53 Å². The number of nitrogens with zero attached hydrogens (tertiary/aromatic N) is 1. The number of hydrogen-bond donors (Lipinski definition) is 1. The van der Waals surface area contributed by atoms with Gasteiger partial charge in [0, 0.05) is 22.5 Å². The molecule has 17 heavy (non-hydrogen) atoms. The van der Waals surface area contributed by atoms with Gasteiger partial charge in [-0.15, -0.1) is 0 Å². The van der Waals surface area contributed by atoms with Gasteiger partial charge in [-0.3, -0.25) is 0 Å². The lowest BCUT2D eigenvalue weighted by molar-refractivity contribution is 0.0603. The Bertz CT molecular complexity index is 716. The normalized spacial score (nSPS) is 10.9. The number of nitrogens with one attached hydrogen (secondary N) is 1. The van der Waals surface area contributed by atoms with E-state index >= 15 is 0 Å². The Morgan fingerprint density at radius 1 is 1.29 bits per heavy atom. The van der Waals surface area contributed by atoms with Crippen LogP contribution in [0.5, 0.6) is 0 Å². The van der Waals surface area contributed by atoms with Gasteiger partial charge >= 0.3 is 5.97 Å². The summed E-state index contributed by atoms with van der Waals surface area (Å²) in [5.74, 6) is -0.333. The van der Waals surface area contributed by atoms with Crippen LogP contribution in [0.2, 0.25) is 0 Å². The lowest BCUT2D eigenvalue weighted by atomic mass is 10.1. The van der Waals surface area contributed by atoms with Crippen LogP contribution in [-0.2, 0) is 4.74 Å². The minimum absolute atomic E-state index is 0.333. The molecule has 0 saturated carbocycles. The number of pyridine rings is 1. The molecule has 0 aliphatic carbocycles. The molecule has 0 radical (unpaired) electrons. The van der Waals surface area contributed by atoms with E-state index in [0.717, 1.165) is 21.9 Å². The Hall–Kier alpha value is -2.36. The fourth-order valence-corrected chi connectivity index (χ4v) is 2.06. The Morgan fingerprint density at radius 3 is 3.00 bits per heavy atom. The molecule has 0 unspecified atom stereocenters. The van der Waals surface area contributed by atoms with Crippen molar-refractivity contribution in [2.24, 2.45) is 0 Å². The van der Waals surface area contributed by atoms with Gasteiger partial charge in [0.1, 0.15) is 5.65 Å². The van der Waals surface area contributed by atoms with Gasteiger partial charge in [-0.2, -0.15) is 0 Å². The quantitative estimate of drug-likeness (QED) is 0.648. The van der Waals surface area contributed by atoms with Gasteiger partial charge in [0.2, 0.25) is 0 Å². The first-order chi connectivity index (χ1) is 8.31. The molecule has 3 aromatic rings. The summed E-state index contributed by atoms with van der Waals surface area (Å²) in [5, 5.41) is 1.80. The van der Waals surface area contributed by atoms with Crippen LogP contribution in [0.4, 0.5) is 0 Å². The maximum absolute atomic E-state index is 11.7. The summed E-state index contributed by atoms with van der Waals surface area (Å²) in [6, 6.07) is 9.29. The van der Waals surface area contributed by atoms with Crippen LogP contribution in [0.3, 0.4) is 0 Å². The van der Waals surface area contributed by atoms with Crippen molar-refractivity contribution in [1.82, 2.24) is 9.97 Å². The molecule has 0 aliphatic rings. The van der Waals surface area contributed by atoms with Gasteiger partial charge in [-0.25, -0.2) is 9.78 Å². The number of carbonyl (C=O) groups excluding carboxylic acids is 1. The first kappa shape index (κ1) is 9.84. The van der Waals surface area contributed by atoms with E-state index in [1.807, 2.05) is 24.3 Å². The van der Waals surface area contributed by atoms with E-state index in [4.69, 9.17) is 4.74 Å². The number of aromatic nitrogens is 2. The van der Waals surface area contributed by atoms with Crippen LogP contribution >= 0.6 is 0 Å². The first-order valence-corrected chi connectivity index (χ1v) is 5.25. The second-order valence-corrected chi connectivity index (χ2v) is 3.74.